The molecule has 142 valence electrons. The van der Waals surface area contributed by atoms with E-state index in [0.29, 0.717) is 10.6 Å². The maximum atomic E-state index is 12.6. The van der Waals surface area contributed by atoms with Crippen LogP contribution in [0.15, 0.2) is 66.0 Å². The molecule has 4 rings (SSSR count). The van der Waals surface area contributed by atoms with Gasteiger partial charge in [-0.15, -0.1) is 23.1 Å². The van der Waals surface area contributed by atoms with Crippen molar-refractivity contribution in [1.29, 1.82) is 0 Å². The lowest BCUT2D eigenvalue weighted by atomic mass is 10.1. The molecule has 1 aliphatic heterocycles. The summed E-state index contributed by atoms with van der Waals surface area (Å²) in [5.41, 5.74) is 3.95. The minimum Gasteiger partial charge on any atom is -0.321 e. The second-order valence-corrected chi connectivity index (χ2v) is 8.52. The molecule has 1 N–H and O–H groups in total. The Labute approximate surface area is 172 Å². The van der Waals surface area contributed by atoms with Gasteiger partial charge in [-0.25, -0.2) is 0 Å². The zero-order chi connectivity index (χ0) is 19.5. The Kier molecular flexibility index (Phi) is 5.50. The molecule has 0 radical (unpaired) electrons. The van der Waals surface area contributed by atoms with Crippen LogP contribution in [0.3, 0.4) is 0 Å². The molecular weight excluding hydrogens is 388 g/mol. The summed E-state index contributed by atoms with van der Waals surface area (Å²) in [5, 5.41) is 4.74. The maximum absolute atomic E-state index is 12.6. The molecule has 1 atom stereocenters. The third-order valence-corrected chi connectivity index (χ3v) is 6.74. The molecule has 2 heterocycles. The molecular formula is C22H20N2O2S2. The standard InChI is InChI=1S/C22H20N2O2S2/c1-2-15-5-3-6-18(13-15)24-20(25)14-28-22(24)16-8-10-17(11-9-16)23-21(26)19-7-4-12-27-19/h3-13,22H,2,14H2,1H3,(H,23,26). The molecule has 0 spiro atoms. The molecule has 28 heavy (non-hydrogen) atoms. The first kappa shape index (κ1) is 18.8. The molecule has 1 saturated heterocycles. The summed E-state index contributed by atoms with van der Waals surface area (Å²) >= 11 is 3.04. The fourth-order valence-corrected chi connectivity index (χ4v) is 5.00. The summed E-state index contributed by atoms with van der Waals surface area (Å²) in [6, 6.07) is 19.6. The van der Waals surface area contributed by atoms with E-state index >= 15 is 0 Å². The zero-order valence-corrected chi connectivity index (χ0v) is 17.1. The molecule has 2 amide bonds. The minimum atomic E-state index is -0.105. The molecule has 6 heteroatoms. The van der Waals surface area contributed by atoms with E-state index in [2.05, 4.69) is 24.4 Å². The van der Waals surface area contributed by atoms with Crippen molar-refractivity contribution in [3.05, 3.63) is 82.0 Å². The summed E-state index contributed by atoms with van der Waals surface area (Å²) < 4.78 is 0. The average Bonchev–Trinajstić information content (AvgIpc) is 3.39. The van der Waals surface area contributed by atoms with E-state index in [1.54, 1.807) is 17.8 Å². The summed E-state index contributed by atoms with van der Waals surface area (Å²) in [6.07, 6.45) is 0.937. The van der Waals surface area contributed by atoms with E-state index < -0.39 is 0 Å². The number of carbonyl (C=O) groups is 2. The van der Waals surface area contributed by atoms with Gasteiger partial charge in [-0.2, -0.15) is 0 Å². The number of rotatable bonds is 5. The van der Waals surface area contributed by atoms with E-state index in [1.807, 2.05) is 52.7 Å². The van der Waals surface area contributed by atoms with Crippen molar-refractivity contribution in [3.63, 3.8) is 0 Å². The fraction of sp³-hybridized carbons (Fsp3) is 0.182. The van der Waals surface area contributed by atoms with E-state index in [9.17, 15) is 9.59 Å². The topological polar surface area (TPSA) is 49.4 Å². The van der Waals surface area contributed by atoms with Crippen molar-refractivity contribution in [2.24, 2.45) is 0 Å². The first-order valence-corrected chi connectivity index (χ1v) is 11.1. The Bertz CT molecular complexity index is 984. The van der Waals surface area contributed by atoms with Crippen molar-refractivity contribution < 1.29 is 9.59 Å². The number of nitrogens with zero attached hydrogens (tertiary/aromatic N) is 1. The Hall–Kier alpha value is -2.57. The van der Waals surface area contributed by atoms with E-state index in [0.717, 1.165) is 23.4 Å². The first-order chi connectivity index (χ1) is 13.7. The van der Waals surface area contributed by atoms with Crippen LogP contribution in [0.25, 0.3) is 0 Å². The van der Waals surface area contributed by atoms with Crippen LogP contribution in [0.4, 0.5) is 11.4 Å². The van der Waals surface area contributed by atoms with Gasteiger partial charge in [0.15, 0.2) is 0 Å². The third kappa shape index (κ3) is 3.84. The maximum Gasteiger partial charge on any atom is 0.265 e. The lowest BCUT2D eigenvalue weighted by Gasteiger charge is -2.25. The van der Waals surface area contributed by atoms with E-state index in [1.165, 1.54) is 16.9 Å². The highest BCUT2D eigenvalue weighted by Gasteiger charge is 2.34. The number of thioether (sulfide) groups is 1. The van der Waals surface area contributed by atoms with E-state index in [4.69, 9.17) is 0 Å². The van der Waals surface area contributed by atoms with Crippen molar-refractivity contribution in [3.8, 4) is 0 Å². The number of thiophene rings is 1. The van der Waals surface area contributed by atoms with Gasteiger partial charge < -0.3 is 5.32 Å². The number of carbonyl (C=O) groups excluding carboxylic acids is 2. The highest BCUT2D eigenvalue weighted by atomic mass is 32.2. The highest BCUT2D eigenvalue weighted by molar-refractivity contribution is 8.00. The van der Waals surface area contributed by atoms with Crippen molar-refractivity contribution in [2.75, 3.05) is 16.0 Å². The van der Waals surface area contributed by atoms with Crippen LogP contribution >= 0.6 is 23.1 Å². The Morgan fingerprint density at radius 2 is 1.96 bits per heavy atom. The van der Waals surface area contributed by atoms with Crippen LogP contribution in [0, 0.1) is 0 Å². The van der Waals surface area contributed by atoms with Gasteiger partial charge in [0.2, 0.25) is 5.91 Å². The summed E-state index contributed by atoms with van der Waals surface area (Å²) in [7, 11) is 0. The van der Waals surface area contributed by atoms with Crippen LogP contribution in [0.2, 0.25) is 0 Å². The van der Waals surface area contributed by atoms with Gasteiger partial charge in [-0.05, 0) is 53.3 Å². The molecule has 0 saturated carbocycles. The first-order valence-electron chi connectivity index (χ1n) is 9.13. The van der Waals surface area contributed by atoms with Gasteiger partial charge in [-0.3, -0.25) is 14.5 Å². The van der Waals surface area contributed by atoms with Crippen molar-refractivity contribution in [1.82, 2.24) is 0 Å². The van der Waals surface area contributed by atoms with Crippen LogP contribution in [0.1, 0.15) is 33.1 Å². The number of aryl methyl sites for hydroxylation is 1. The van der Waals surface area contributed by atoms with Gasteiger partial charge in [0.1, 0.15) is 5.37 Å². The van der Waals surface area contributed by atoms with Gasteiger partial charge in [0.25, 0.3) is 5.91 Å². The molecule has 4 nitrogen and oxygen atoms in total. The number of hydrogen-bond donors (Lipinski definition) is 1. The van der Waals surface area contributed by atoms with Gasteiger partial charge in [0.05, 0.1) is 10.6 Å². The molecule has 1 aliphatic rings. The predicted molar refractivity (Wildman–Crippen MR) is 117 cm³/mol. The summed E-state index contributed by atoms with van der Waals surface area (Å²) in [4.78, 5) is 27.3. The second kappa shape index (κ2) is 8.20. The van der Waals surface area contributed by atoms with Crippen molar-refractivity contribution >= 4 is 46.3 Å². The van der Waals surface area contributed by atoms with Gasteiger partial charge in [0, 0.05) is 11.4 Å². The fourth-order valence-electron chi connectivity index (χ4n) is 3.21. The normalized spacial score (nSPS) is 16.4. The summed E-state index contributed by atoms with van der Waals surface area (Å²) in [6.45, 7) is 2.11. The largest absolute Gasteiger partial charge is 0.321 e. The van der Waals surface area contributed by atoms with Crippen LogP contribution in [-0.2, 0) is 11.2 Å². The number of anilines is 2. The molecule has 0 aliphatic carbocycles. The minimum absolute atomic E-state index is 0.0540. The lowest BCUT2D eigenvalue weighted by molar-refractivity contribution is -0.115. The Balaban J connectivity index is 1.54. The molecule has 0 bridgehead atoms. The SMILES string of the molecule is CCc1cccc(N2C(=O)CSC2c2ccc(NC(=O)c3cccs3)cc2)c1. The smallest absolute Gasteiger partial charge is 0.265 e. The van der Waals surface area contributed by atoms with E-state index in [-0.39, 0.29) is 17.2 Å². The molecule has 1 fully saturated rings. The van der Waals surface area contributed by atoms with Gasteiger partial charge >= 0.3 is 0 Å². The predicted octanol–water partition coefficient (Wildman–Crippen LogP) is 5.34. The van der Waals surface area contributed by atoms with Crippen LogP contribution in [0.5, 0.6) is 0 Å². The lowest BCUT2D eigenvalue weighted by Crippen LogP contribution is -2.27. The van der Waals surface area contributed by atoms with Crippen molar-refractivity contribution in [2.45, 2.75) is 18.7 Å². The van der Waals surface area contributed by atoms with Crippen LogP contribution < -0.4 is 10.2 Å². The molecule has 1 unspecified atom stereocenters. The third-order valence-electron chi connectivity index (χ3n) is 4.66. The monoisotopic (exact) mass is 408 g/mol. The quantitative estimate of drug-likeness (QED) is 0.620. The average molecular weight is 409 g/mol. The van der Waals surface area contributed by atoms with Crippen LogP contribution in [-0.4, -0.2) is 17.6 Å². The molecule has 1 aromatic heterocycles. The second-order valence-electron chi connectivity index (χ2n) is 6.50. The summed E-state index contributed by atoms with van der Waals surface area (Å²) in [5.74, 6) is 0.488. The zero-order valence-electron chi connectivity index (χ0n) is 15.4. The Morgan fingerprint density at radius 3 is 2.68 bits per heavy atom. The highest BCUT2D eigenvalue weighted by Crippen LogP contribution is 2.42. The number of nitrogens with one attached hydrogen (secondary N) is 1. The number of hydrogen-bond acceptors (Lipinski definition) is 4. The Morgan fingerprint density at radius 1 is 1.14 bits per heavy atom. The van der Waals surface area contributed by atoms with Gasteiger partial charge in [-0.1, -0.05) is 37.3 Å². The molecule has 2 aromatic carbocycles. The number of amides is 2. The molecule has 3 aromatic rings. The number of benzene rings is 2.